The summed E-state index contributed by atoms with van der Waals surface area (Å²) in [4.78, 5) is 15.4. The quantitative estimate of drug-likeness (QED) is 0.522. The Morgan fingerprint density at radius 1 is 1.62 bits per heavy atom. The molecule has 3 heteroatoms. The molecule has 0 bridgehead atoms. The predicted molar refractivity (Wildman–Crippen MR) is 49.9 cm³/mol. The molecule has 0 saturated heterocycles. The number of hydrogen-bond acceptors (Lipinski definition) is 3. The minimum absolute atomic E-state index is 0.112. The number of methoxy groups -OCH3 is 1. The fourth-order valence-electron chi connectivity index (χ4n) is 0.960. The van der Waals surface area contributed by atoms with Crippen LogP contribution in [0.2, 0.25) is 0 Å². The van der Waals surface area contributed by atoms with E-state index in [0.717, 1.165) is 0 Å². The van der Waals surface area contributed by atoms with Gasteiger partial charge >= 0.3 is 0 Å². The van der Waals surface area contributed by atoms with Crippen molar-refractivity contribution in [2.75, 3.05) is 7.11 Å². The van der Waals surface area contributed by atoms with Crippen molar-refractivity contribution in [3.63, 3.8) is 0 Å². The van der Waals surface area contributed by atoms with E-state index in [1.165, 1.54) is 13.3 Å². The molecule has 0 amide bonds. The summed E-state index contributed by atoms with van der Waals surface area (Å²) in [6.07, 6.45) is 3.06. The van der Waals surface area contributed by atoms with Gasteiger partial charge in [0.25, 0.3) is 0 Å². The Bertz CT molecular complexity index is 345. The summed E-state index contributed by atoms with van der Waals surface area (Å²) in [5.41, 5.74) is 0.995. The highest BCUT2D eigenvalue weighted by atomic mass is 16.5. The van der Waals surface area contributed by atoms with Crippen molar-refractivity contribution in [2.24, 2.45) is 0 Å². The van der Waals surface area contributed by atoms with Crippen LogP contribution < -0.4 is 4.74 Å². The summed E-state index contributed by atoms with van der Waals surface area (Å²) >= 11 is 0. The zero-order chi connectivity index (χ0) is 9.84. The third-order valence-electron chi connectivity index (χ3n) is 1.64. The van der Waals surface area contributed by atoms with E-state index >= 15 is 0 Å². The number of ether oxygens (including phenoxy) is 1. The Balaban J connectivity index is 3.13. The van der Waals surface area contributed by atoms with E-state index in [0.29, 0.717) is 16.9 Å². The van der Waals surface area contributed by atoms with Crippen LogP contribution in [0, 0.1) is 0 Å². The van der Waals surface area contributed by atoms with Crippen molar-refractivity contribution in [1.82, 2.24) is 4.98 Å². The Morgan fingerprint density at radius 3 is 2.85 bits per heavy atom. The minimum atomic E-state index is -0.112. The highest BCUT2D eigenvalue weighted by molar-refractivity contribution is 6.09. The highest BCUT2D eigenvalue weighted by Gasteiger charge is 2.11. The third kappa shape index (κ3) is 1.93. The standard InChI is InChI=1S/C10H11NO2/c1-7(2)10(12)8-4-5-11-6-9(8)13-3/h4-6H,1H2,2-3H3. The van der Waals surface area contributed by atoms with E-state index in [1.54, 1.807) is 19.2 Å². The molecule has 0 unspecified atom stereocenters. The fourth-order valence-corrected chi connectivity index (χ4v) is 0.960. The van der Waals surface area contributed by atoms with E-state index in [2.05, 4.69) is 11.6 Å². The van der Waals surface area contributed by atoms with Crippen molar-refractivity contribution in [2.45, 2.75) is 6.92 Å². The lowest BCUT2D eigenvalue weighted by Gasteiger charge is -2.05. The first-order valence-electron chi connectivity index (χ1n) is 3.85. The molecule has 0 saturated carbocycles. The number of ketones is 1. The molecule has 0 atom stereocenters. The first-order chi connectivity index (χ1) is 6.16. The third-order valence-corrected chi connectivity index (χ3v) is 1.64. The molecule has 0 fully saturated rings. The Morgan fingerprint density at radius 2 is 2.31 bits per heavy atom. The monoisotopic (exact) mass is 177 g/mol. The molecule has 0 N–H and O–H groups in total. The largest absolute Gasteiger partial charge is 0.494 e. The topological polar surface area (TPSA) is 39.2 Å². The summed E-state index contributed by atoms with van der Waals surface area (Å²) in [5, 5.41) is 0. The number of carbonyl (C=O) groups is 1. The number of Topliss-reactive ketones (excluding diaryl/α,β-unsaturated/α-hetero) is 1. The number of carbonyl (C=O) groups excluding carboxylic acids is 1. The van der Waals surface area contributed by atoms with Crippen molar-refractivity contribution >= 4 is 5.78 Å². The summed E-state index contributed by atoms with van der Waals surface area (Å²) in [7, 11) is 1.51. The molecule has 0 aliphatic rings. The van der Waals surface area contributed by atoms with Gasteiger partial charge in [-0.2, -0.15) is 0 Å². The van der Waals surface area contributed by atoms with E-state index in [9.17, 15) is 4.79 Å². The molecule has 3 nitrogen and oxygen atoms in total. The lowest BCUT2D eigenvalue weighted by atomic mass is 10.1. The van der Waals surface area contributed by atoms with Gasteiger partial charge in [-0.25, -0.2) is 0 Å². The second-order valence-corrected chi connectivity index (χ2v) is 2.69. The summed E-state index contributed by atoms with van der Waals surface area (Å²) in [5.74, 6) is 0.370. The first-order valence-corrected chi connectivity index (χ1v) is 3.85. The minimum Gasteiger partial charge on any atom is -0.494 e. The molecule has 0 aromatic carbocycles. The summed E-state index contributed by atoms with van der Waals surface area (Å²) in [6.45, 7) is 5.25. The second kappa shape index (κ2) is 3.85. The number of allylic oxidation sites excluding steroid dienone is 1. The van der Waals surface area contributed by atoms with Crippen molar-refractivity contribution in [3.05, 3.63) is 36.2 Å². The van der Waals surface area contributed by atoms with Crippen molar-refractivity contribution < 1.29 is 9.53 Å². The normalized spacial score (nSPS) is 9.38. The van der Waals surface area contributed by atoms with E-state index in [4.69, 9.17) is 4.74 Å². The van der Waals surface area contributed by atoms with Gasteiger partial charge in [0.05, 0.1) is 18.9 Å². The molecule has 1 aromatic heterocycles. The van der Waals surface area contributed by atoms with E-state index in [1.807, 2.05) is 0 Å². The molecule has 1 rings (SSSR count). The van der Waals surface area contributed by atoms with Gasteiger partial charge in [-0.05, 0) is 18.6 Å². The zero-order valence-electron chi connectivity index (χ0n) is 7.70. The van der Waals surface area contributed by atoms with Crippen LogP contribution in [0.25, 0.3) is 0 Å². The summed E-state index contributed by atoms with van der Waals surface area (Å²) < 4.78 is 4.99. The van der Waals surface area contributed by atoms with Crippen LogP contribution in [0.5, 0.6) is 5.75 Å². The SMILES string of the molecule is C=C(C)C(=O)c1ccncc1OC. The van der Waals surface area contributed by atoms with Gasteiger partial charge in [-0.15, -0.1) is 0 Å². The Kier molecular flexibility index (Phi) is 2.80. The Labute approximate surface area is 77.1 Å². The first kappa shape index (κ1) is 9.45. The van der Waals surface area contributed by atoms with Gasteiger partial charge in [0.2, 0.25) is 0 Å². The lowest BCUT2D eigenvalue weighted by molar-refractivity contribution is 0.103. The molecule has 0 spiro atoms. The molecule has 68 valence electrons. The van der Waals surface area contributed by atoms with Gasteiger partial charge in [0.1, 0.15) is 5.75 Å². The van der Waals surface area contributed by atoms with Gasteiger partial charge < -0.3 is 4.74 Å². The predicted octanol–water partition coefficient (Wildman–Crippen LogP) is 1.85. The van der Waals surface area contributed by atoms with Gasteiger partial charge in [0, 0.05) is 6.20 Å². The van der Waals surface area contributed by atoms with E-state index in [-0.39, 0.29) is 5.78 Å². The molecule has 1 aromatic rings. The van der Waals surface area contributed by atoms with Crippen LogP contribution >= 0.6 is 0 Å². The van der Waals surface area contributed by atoms with Gasteiger partial charge in [-0.1, -0.05) is 6.58 Å². The molecular weight excluding hydrogens is 166 g/mol. The van der Waals surface area contributed by atoms with Crippen molar-refractivity contribution in [1.29, 1.82) is 0 Å². The second-order valence-electron chi connectivity index (χ2n) is 2.69. The fraction of sp³-hybridized carbons (Fsp3) is 0.200. The average Bonchev–Trinajstić information content (AvgIpc) is 2.16. The molecule has 0 aliphatic heterocycles. The zero-order valence-corrected chi connectivity index (χ0v) is 7.70. The smallest absolute Gasteiger partial charge is 0.191 e. The number of hydrogen-bond donors (Lipinski definition) is 0. The molecule has 1 heterocycles. The molecule has 0 radical (unpaired) electrons. The maximum Gasteiger partial charge on any atom is 0.191 e. The summed E-state index contributed by atoms with van der Waals surface area (Å²) in [6, 6.07) is 1.62. The van der Waals surface area contributed by atoms with Crippen LogP contribution in [0.4, 0.5) is 0 Å². The van der Waals surface area contributed by atoms with Crippen molar-refractivity contribution in [3.8, 4) is 5.75 Å². The van der Waals surface area contributed by atoms with Crippen LogP contribution in [0.3, 0.4) is 0 Å². The number of aromatic nitrogens is 1. The van der Waals surface area contributed by atoms with Crippen LogP contribution in [0.15, 0.2) is 30.6 Å². The maximum absolute atomic E-state index is 11.5. The number of nitrogens with zero attached hydrogens (tertiary/aromatic N) is 1. The van der Waals surface area contributed by atoms with Gasteiger partial charge in [-0.3, -0.25) is 9.78 Å². The van der Waals surface area contributed by atoms with E-state index < -0.39 is 0 Å². The van der Waals surface area contributed by atoms with Crippen LogP contribution in [0.1, 0.15) is 17.3 Å². The van der Waals surface area contributed by atoms with Gasteiger partial charge in [0.15, 0.2) is 5.78 Å². The highest BCUT2D eigenvalue weighted by Crippen LogP contribution is 2.18. The lowest BCUT2D eigenvalue weighted by Crippen LogP contribution is -2.02. The molecular formula is C10H11NO2. The molecule has 0 aliphatic carbocycles. The molecule has 13 heavy (non-hydrogen) atoms. The Hall–Kier alpha value is -1.64. The average molecular weight is 177 g/mol. The number of pyridine rings is 1. The maximum atomic E-state index is 11.5. The number of rotatable bonds is 3. The van der Waals surface area contributed by atoms with Crippen LogP contribution in [-0.4, -0.2) is 17.9 Å². The van der Waals surface area contributed by atoms with Crippen LogP contribution in [-0.2, 0) is 0 Å².